The summed E-state index contributed by atoms with van der Waals surface area (Å²) in [6, 6.07) is 21.3. The Balaban J connectivity index is 1.90. The molecule has 0 aliphatic heterocycles. The van der Waals surface area contributed by atoms with Crippen LogP contribution in [0.1, 0.15) is 11.1 Å². The van der Waals surface area contributed by atoms with Crippen molar-refractivity contribution in [1.82, 2.24) is 0 Å². The zero-order chi connectivity index (χ0) is 13.9. The molecule has 1 N–H and O–H groups in total. The van der Waals surface area contributed by atoms with Crippen LogP contribution in [0, 0.1) is 6.92 Å². The summed E-state index contributed by atoms with van der Waals surface area (Å²) < 4.78 is 1.13. The van der Waals surface area contributed by atoms with Gasteiger partial charge in [0.1, 0.15) is 0 Å². The Bertz CT molecular complexity index is 749. The van der Waals surface area contributed by atoms with Gasteiger partial charge < -0.3 is 5.32 Å². The number of rotatable bonds is 3. The minimum Gasteiger partial charge on any atom is -0.380 e. The monoisotopic (exact) mass is 325 g/mol. The van der Waals surface area contributed by atoms with E-state index in [1.54, 1.807) is 0 Å². The van der Waals surface area contributed by atoms with Crippen molar-refractivity contribution in [3.8, 4) is 0 Å². The number of hydrogen-bond donors (Lipinski definition) is 1. The van der Waals surface area contributed by atoms with Crippen molar-refractivity contribution < 1.29 is 0 Å². The maximum atomic E-state index is 3.61. The van der Waals surface area contributed by atoms with Crippen LogP contribution < -0.4 is 5.32 Å². The minimum absolute atomic E-state index is 0.841. The molecule has 0 aromatic heterocycles. The summed E-state index contributed by atoms with van der Waals surface area (Å²) in [5.74, 6) is 0. The fourth-order valence-corrected chi connectivity index (χ4v) is 2.91. The van der Waals surface area contributed by atoms with Gasteiger partial charge in [0.05, 0.1) is 0 Å². The van der Waals surface area contributed by atoms with E-state index in [0.717, 1.165) is 11.0 Å². The first kappa shape index (κ1) is 13.2. The number of anilines is 1. The van der Waals surface area contributed by atoms with Gasteiger partial charge in [-0.1, -0.05) is 70.0 Å². The Labute approximate surface area is 127 Å². The summed E-state index contributed by atoms with van der Waals surface area (Å²) in [5, 5.41) is 6.02. The highest BCUT2D eigenvalue weighted by Gasteiger charge is 2.03. The number of hydrogen-bond acceptors (Lipinski definition) is 1. The molecular weight excluding hydrogens is 310 g/mol. The summed E-state index contributed by atoms with van der Waals surface area (Å²) >= 11 is 3.61. The Morgan fingerprint density at radius 3 is 2.50 bits per heavy atom. The van der Waals surface area contributed by atoms with Gasteiger partial charge in [-0.15, -0.1) is 0 Å². The quantitative estimate of drug-likeness (QED) is 0.668. The summed E-state index contributed by atoms with van der Waals surface area (Å²) in [6.07, 6.45) is 0. The third-order valence-corrected chi connectivity index (χ3v) is 4.13. The van der Waals surface area contributed by atoms with Crippen LogP contribution in [0.2, 0.25) is 0 Å². The molecule has 0 atom stereocenters. The SMILES string of the molecule is Cc1cccc(CNc2ccc(Br)c3ccccc23)c1. The fourth-order valence-electron chi connectivity index (χ4n) is 2.44. The normalized spacial score (nSPS) is 10.7. The fraction of sp³-hybridized carbons (Fsp3) is 0.111. The molecule has 3 rings (SSSR count). The lowest BCUT2D eigenvalue weighted by Gasteiger charge is -2.11. The average molecular weight is 326 g/mol. The van der Waals surface area contributed by atoms with Crippen molar-refractivity contribution in [1.29, 1.82) is 0 Å². The lowest BCUT2D eigenvalue weighted by Crippen LogP contribution is -2.00. The van der Waals surface area contributed by atoms with Crippen molar-refractivity contribution in [3.05, 3.63) is 76.3 Å². The predicted octanol–water partition coefficient (Wildman–Crippen LogP) is 5.52. The van der Waals surface area contributed by atoms with Crippen LogP contribution in [0.5, 0.6) is 0 Å². The molecule has 3 aromatic carbocycles. The predicted molar refractivity (Wildman–Crippen MR) is 90.2 cm³/mol. The van der Waals surface area contributed by atoms with Crippen molar-refractivity contribution in [3.63, 3.8) is 0 Å². The molecule has 2 heteroatoms. The number of aryl methyl sites for hydroxylation is 1. The van der Waals surface area contributed by atoms with Gasteiger partial charge in [-0.2, -0.15) is 0 Å². The maximum Gasteiger partial charge on any atom is 0.0423 e. The van der Waals surface area contributed by atoms with E-state index >= 15 is 0 Å². The molecule has 0 spiro atoms. The van der Waals surface area contributed by atoms with E-state index in [-0.39, 0.29) is 0 Å². The standard InChI is InChI=1S/C18H16BrN/c1-13-5-4-6-14(11-13)12-20-18-10-9-17(19)15-7-2-3-8-16(15)18/h2-11,20H,12H2,1H3. The molecule has 0 saturated carbocycles. The molecule has 1 nitrogen and oxygen atoms in total. The molecule has 3 aromatic rings. The maximum absolute atomic E-state index is 3.61. The molecule has 0 unspecified atom stereocenters. The van der Waals surface area contributed by atoms with E-state index in [4.69, 9.17) is 0 Å². The molecule has 0 heterocycles. The van der Waals surface area contributed by atoms with Gasteiger partial charge in [0, 0.05) is 22.1 Å². The van der Waals surface area contributed by atoms with Gasteiger partial charge in [0.2, 0.25) is 0 Å². The Morgan fingerprint density at radius 1 is 0.900 bits per heavy atom. The minimum atomic E-state index is 0.841. The van der Waals surface area contributed by atoms with Crippen molar-refractivity contribution >= 4 is 32.4 Å². The largest absolute Gasteiger partial charge is 0.380 e. The number of fused-ring (bicyclic) bond motifs is 1. The molecule has 0 bridgehead atoms. The van der Waals surface area contributed by atoms with Crippen LogP contribution in [-0.2, 0) is 6.54 Å². The van der Waals surface area contributed by atoms with Gasteiger partial charge in [-0.25, -0.2) is 0 Å². The molecule has 0 aliphatic carbocycles. The highest BCUT2D eigenvalue weighted by Crippen LogP contribution is 2.30. The Hall–Kier alpha value is -1.80. The number of benzene rings is 3. The molecule has 0 amide bonds. The van der Waals surface area contributed by atoms with E-state index in [2.05, 4.69) is 88.8 Å². The lowest BCUT2D eigenvalue weighted by molar-refractivity contribution is 1.15. The average Bonchev–Trinajstić information content (AvgIpc) is 2.47. The van der Waals surface area contributed by atoms with Crippen LogP contribution in [0.15, 0.2) is 65.1 Å². The zero-order valence-corrected chi connectivity index (χ0v) is 12.9. The zero-order valence-electron chi connectivity index (χ0n) is 11.4. The van der Waals surface area contributed by atoms with Gasteiger partial charge in [-0.05, 0) is 30.0 Å². The van der Waals surface area contributed by atoms with Crippen LogP contribution in [0.3, 0.4) is 0 Å². The molecule has 20 heavy (non-hydrogen) atoms. The van der Waals surface area contributed by atoms with Crippen molar-refractivity contribution in [2.75, 3.05) is 5.32 Å². The van der Waals surface area contributed by atoms with Crippen LogP contribution >= 0.6 is 15.9 Å². The van der Waals surface area contributed by atoms with Gasteiger partial charge >= 0.3 is 0 Å². The summed E-state index contributed by atoms with van der Waals surface area (Å²) in [7, 11) is 0. The molecule has 100 valence electrons. The van der Waals surface area contributed by atoms with E-state index in [9.17, 15) is 0 Å². The first-order valence-electron chi connectivity index (χ1n) is 6.71. The first-order valence-corrected chi connectivity index (χ1v) is 7.50. The van der Waals surface area contributed by atoms with Crippen molar-refractivity contribution in [2.45, 2.75) is 13.5 Å². The second kappa shape index (κ2) is 5.68. The third-order valence-electron chi connectivity index (χ3n) is 3.44. The van der Waals surface area contributed by atoms with Gasteiger partial charge in [0.25, 0.3) is 0 Å². The highest BCUT2D eigenvalue weighted by atomic mass is 79.9. The smallest absolute Gasteiger partial charge is 0.0423 e. The Morgan fingerprint density at radius 2 is 1.70 bits per heavy atom. The van der Waals surface area contributed by atoms with E-state index in [1.165, 1.54) is 27.6 Å². The van der Waals surface area contributed by atoms with Crippen LogP contribution in [-0.4, -0.2) is 0 Å². The molecule has 0 radical (unpaired) electrons. The Kier molecular flexibility index (Phi) is 3.75. The number of halogens is 1. The molecule has 0 saturated heterocycles. The highest BCUT2D eigenvalue weighted by molar-refractivity contribution is 9.10. The van der Waals surface area contributed by atoms with E-state index < -0.39 is 0 Å². The van der Waals surface area contributed by atoms with Crippen LogP contribution in [0.25, 0.3) is 10.8 Å². The van der Waals surface area contributed by atoms with Gasteiger partial charge in [-0.3, -0.25) is 0 Å². The second-order valence-corrected chi connectivity index (χ2v) is 5.84. The van der Waals surface area contributed by atoms with Gasteiger partial charge in [0.15, 0.2) is 0 Å². The number of nitrogens with one attached hydrogen (secondary N) is 1. The molecule has 0 aliphatic rings. The van der Waals surface area contributed by atoms with E-state index in [1.807, 2.05) is 0 Å². The second-order valence-electron chi connectivity index (χ2n) is 4.98. The molecule has 0 fully saturated rings. The van der Waals surface area contributed by atoms with E-state index in [0.29, 0.717) is 0 Å². The van der Waals surface area contributed by atoms with Crippen molar-refractivity contribution in [2.24, 2.45) is 0 Å². The summed E-state index contributed by atoms with van der Waals surface area (Å²) in [6.45, 7) is 2.96. The lowest BCUT2D eigenvalue weighted by atomic mass is 10.1. The summed E-state index contributed by atoms with van der Waals surface area (Å²) in [5.41, 5.74) is 3.77. The first-order chi connectivity index (χ1) is 9.74. The van der Waals surface area contributed by atoms with Crippen LogP contribution in [0.4, 0.5) is 5.69 Å². The third kappa shape index (κ3) is 2.70. The summed E-state index contributed by atoms with van der Waals surface area (Å²) in [4.78, 5) is 0. The molecular formula is C18H16BrN. The topological polar surface area (TPSA) is 12.0 Å².